The maximum atomic E-state index is 11.5. The Morgan fingerprint density at radius 2 is 2.29 bits per heavy atom. The van der Waals surface area contributed by atoms with Crippen LogP contribution in [-0.2, 0) is 4.74 Å². The van der Waals surface area contributed by atoms with Crippen LogP contribution in [0, 0.1) is 0 Å². The van der Waals surface area contributed by atoms with Gasteiger partial charge in [-0.3, -0.25) is 0 Å². The summed E-state index contributed by atoms with van der Waals surface area (Å²) in [6.07, 6.45) is 0. The van der Waals surface area contributed by atoms with Gasteiger partial charge in [0, 0.05) is 9.86 Å². The van der Waals surface area contributed by atoms with Crippen molar-refractivity contribution in [2.24, 2.45) is 0 Å². The van der Waals surface area contributed by atoms with E-state index >= 15 is 0 Å². The van der Waals surface area contributed by atoms with E-state index in [0.29, 0.717) is 17.2 Å². The molecule has 0 saturated heterocycles. The molecule has 2 heterocycles. The number of hydrogen-bond acceptors (Lipinski definition) is 4. The fourth-order valence-electron chi connectivity index (χ4n) is 1.83. The summed E-state index contributed by atoms with van der Waals surface area (Å²) in [4.78, 5) is 14.4. The topological polar surface area (TPSA) is 60.6 Å². The summed E-state index contributed by atoms with van der Waals surface area (Å²) in [6, 6.07) is 3.53. The van der Waals surface area contributed by atoms with E-state index in [9.17, 15) is 4.79 Å². The summed E-state index contributed by atoms with van der Waals surface area (Å²) in [5, 5.41) is 0.856. The van der Waals surface area contributed by atoms with Crippen molar-refractivity contribution in [3.63, 3.8) is 0 Å². The standard InChI is InChI=1S/C11H8BrNO4/c1-15-11(14)7-2-5-6(12)3-8-10(9(5)13-7)17-4-16-8/h2-3,13H,4H2,1H3. The van der Waals surface area contributed by atoms with Crippen LogP contribution in [0.25, 0.3) is 10.9 Å². The minimum absolute atomic E-state index is 0.188. The van der Waals surface area contributed by atoms with Gasteiger partial charge in [0.1, 0.15) is 5.69 Å². The number of carbonyl (C=O) groups is 1. The zero-order chi connectivity index (χ0) is 12.0. The summed E-state index contributed by atoms with van der Waals surface area (Å²) in [5.41, 5.74) is 1.11. The lowest BCUT2D eigenvalue weighted by atomic mass is 10.2. The Bertz CT molecular complexity index is 619. The first kappa shape index (κ1) is 10.5. The average Bonchev–Trinajstić information content (AvgIpc) is 2.92. The van der Waals surface area contributed by atoms with Crippen molar-refractivity contribution >= 4 is 32.8 Å². The number of aromatic amines is 1. The maximum absolute atomic E-state index is 11.5. The summed E-state index contributed by atoms with van der Waals surface area (Å²) in [7, 11) is 1.34. The largest absolute Gasteiger partial charge is 0.464 e. The fourth-order valence-corrected chi connectivity index (χ4v) is 2.35. The van der Waals surface area contributed by atoms with E-state index in [4.69, 9.17) is 9.47 Å². The van der Waals surface area contributed by atoms with Crippen molar-refractivity contribution in [1.82, 2.24) is 4.98 Å². The van der Waals surface area contributed by atoms with E-state index in [2.05, 4.69) is 25.7 Å². The van der Waals surface area contributed by atoms with Gasteiger partial charge >= 0.3 is 5.97 Å². The molecule has 6 heteroatoms. The second kappa shape index (κ2) is 3.66. The Hall–Kier alpha value is -1.69. The van der Waals surface area contributed by atoms with Crippen molar-refractivity contribution in [1.29, 1.82) is 0 Å². The molecule has 0 radical (unpaired) electrons. The van der Waals surface area contributed by atoms with E-state index in [-0.39, 0.29) is 6.79 Å². The third-order valence-corrected chi connectivity index (χ3v) is 3.26. The maximum Gasteiger partial charge on any atom is 0.354 e. The number of benzene rings is 1. The lowest BCUT2D eigenvalue weighted by Crippen LogP contribution is -2.00. The Labute approximate surface area is 105 Å². The van der Waals surface area contributed by atoms with Gasteiger partial charge in [-0.2, -0.15) is 0 Å². The lowest BCUT2D eigenvalue weighted by molar-refractivity contribution is 0.0595. The van der Waals surface area contributed by atoms with Crippen molar-refractivity contribution in [3.8, 4) is 11.5 Å². The highest BCUT2D eigenvalue weighted by Crippen LogP contribution is 2.42. The first-order valence-corrected chi connectivity index (χ1v) is 5.69. The van der Waals surface area contributed by atoms with Crippen LogP contribution in [0.5, 0.6) is 11.5 Å². The van der Waals surface area contributed by atoms with Gasteiger partial charge < -0.3 is 19.2 Å². The molecule has 0 unspecified atom stereocenters. The Morgan fingerprint density at radius 3 is 3.06 bits per heavy atom. The van der Waals surface area contributed by atoms with Crippen LogP contribution in [0.4, 0.5) is 0 Å². The second-order valence-corrected chi connectivity index (χ2v) is 4.41. The van der Waals surface area contributed by atoms with Crippen molar-refractivity contribution < 1.29 is 19.0 Å². The minimum atomic E-state index is -0.416. The van der Waals surface area contributed by atoms with Crippen LogP contribution in [0.15, 0.2) is 16.6 Å². The lowest BCUT2D eigenvalue weighted by Gasteiger charge is -1.99. The molecule has 1 aromatic heterocycles. The minimum Gasteiger partial charge on any atom is -0.464 e. The molecular weight excluding hydrogens is 290 g/mol. The molecule has 0 atom stereocenters. The van der Waals surface area contributed by atoms with Crippen molar-refractivity contribution in [3.05, 3.63) is 22.3 Å². The summed E-state index contributed by atoms with van der Waals surface area (Å²) >= 11 is 3.43. The number of esters is 1. The van der Waals surface area contributed by atoms with Crippen LogP contribution in [-0.4, -0.2) is 24.9 Å². The normalized spacial score (nSPS) is 13.1. The van der Waals surface area contributed by atoms with Crippen LogP contribution >= 0.6 is 15.9 Å². The van der Waals surface area contributed by atoms with Gasteiger partial charge in [0.25, 0.3) is 0 Å². The van der Waals surface area contributed by atoms with E-state index in [1.807, 2.05) is 6.07 Å². The van der Waals surface area contributed by atoms with Gasteiger partial charge in [0.15, 0.2) is 11.5 Å². The van der Waals surface area contributed by atoms with Crippen LogP contribution in [0.3, 0.4) is 0 Å². The smallest absolute Gasteiger partial charge is 0.354 e. The molecule has 0 fully saturated rings. The molecule has 88 valence electrons. The van der Waals surface area contributed by atoms with Crippen LogP contribution in [0.2, 0.25) is 0 Å². The second-order valence-electron chi connectivity index (χ2n) is 3.56. The number of rotatable bonds is 1. The third-order valence-electron chi connectivity index (χ3n) is 2.61. The fraction of sp³-hybridized carbons (Fsp3) is 0.182. The van der Waals surface area contributed by atoms with E-state index in [1.165, 1.54) is 7.11 Å². The number of hydrogen-bond donors (Lipinski definition) is 1. The summed E-state index contributed by atoms with van der Waals surface area (Å²) in [5.74, 6) is 0.863. The van der Waals surface area contributed by atoms with Crippen molar-refractivity contribution in [2.45, 2.75) is 0 Å². The molecule has 0 bridgehead atoms. The van der Waals surface area contributed by atoms with Gasteiger partial charge in [0.2, 0.25) is 6.79 Å². The zero-order valence-electron chi connectivity index (χ0n) is 8.87. The molecule has 1 N–H and O–H groups in total. The third kappa shape index (κ3) is 1.48. The number of carbonyl (C=O) groups excluding carboxylic acids is 1. The number of methoxy groups -OCH3 is 1. The number of fused-ring (bicyclic) bond motifs is 3. The quantitative estimate of drug-likeness (QED) is 0.821. The van der Waals surface area contributed by atoms with Gasteiger partial charge in [-0.05, 0) is 28.1 Å². The molecule has 5 nitrogen and oxygen atoms in total. The Balaban J connectivity index is 2.28. The average molecular weight is 298 g/mol. The first-order valence-electron chi connectivity index (χ1n) is 4.90. The predicted molar refractivity (Wildman–Crippen MR) is 63.5 cm³/mol. The SMILES string of the molecule is COC(=O)c1cc2c(Br)cc3c(c2[nH]1)OCO3. The van der Waals surface area contributed by atoms with E-state index in [0.717, 1.165) is 15.4 Å². The monoisotopic (exact) mass is 297 g/mol. The highest BCUT2D eigenvalue weighted by molar-refractivity contribution is 9.10. The molecular formula is C11H8BrNO4. The molecule has 17 heavy (non-hydrogen) atoms. The Morgan fingerprint density at radius 1 is 1.47 bits per heavy atom. The van der Waals surface area contributed by atoms with Gasteiger partial charge in [0.05, 0.1) is 12.6 Å². The number of halogens is 1. The first-order chi connectivity index (χ1) is 8.20. The van der Waals surface area contributed by atoms with Crippen molar-refractivity contribution in [2.75, 3.05) is 13.9 Å². The van der Waals surface area contributed by atoms with Gasteiger partial charge in [-0.1, -0.05) is 0 Å². The highest BCUT2D eigenvalue weighted by Gasteiger charge is 2.22. The number of H-pyrrole nitrogens is 1. The zero-order valence-corrected chi connectivity index (χ0v) is 10.5. The molecule has 1 aliphatic rings. The molecule has 2 aromatic rings. The molecule has 3 rings (SSSR count). The van der Waals surface area contributed by atoms with Gasteiger partial charge in [-0.25, -0.2) is 4.79 Å². The molecule has 0 spiro atoms. The number of aromatic nitrogens is 1. The van der Waals surface area contributed by atoms with E-state index in [1.54, 1.807) is 6.07 Å². The predicted octanol–water partition coefficient (Wildman–Crippen LogP) is 2.45. The number of nitrogens with one attached hydrogen (secondary N) is 1. The molecule has 1 aromatic carbocycles. The summed E-state index contributed by atoms with van der Waals surface area (Å²) in [6.45, 7) is 0.188. The summed E-state index contributed by atoms with van der Waals surface area (Å²) < 4.78 is 16.2. The van der Waals surface area contributed by atoms with E-state index < -0.39 is 5.97 Å². The highest BCUT2D eigenvalue weighted by atomic mass is 79.9. The molecule has 0 amide bonds. The van der Waals surface area contributed by atoms with Crippen LogP contribution < -0.4 is 9.47 Å². The molecule has 0 saturated carbocycles. The molecule has 1 aliphatic heterocycles. The number of ether oxygens (including phenoxy) is 3. The van der Waals surface area contributed by atoms with Gasteiger partial charge in [-0.15, -0.1) is 0 Å². The van der Waals surface area contributed by atoms with Crippen LogP contribution in [0.1, 0.15) is 10.5 Å². The Kier molecular flexibility index (Phi) is 2.25. The molecule has 0 aliphatic carbocycles.